The predicted molar refractivity (Wildman–Crippen MR) is 120 cm³/mol. The van der Waals surface area contributed by atoms with E-state index in [1.807, 2.05) is 31.2 Å². The Morgan fingerprint density at radius 3 is 2.43 bits per heavy atom. The Morgan fingerprint density at radius 2 is 1.73 bits per heavy atom. The summed E-state index contributed by atoms with van der Waals surface area (Å²) in [5, 5.41) is 7.44. The molecule has 1 aliphatic heterocycles. The molecule has 0 atom stereocenters. The van der Waals surface area contributed by atoms with Crippen molar-refractivity contribution in [1.82, 2.24) is 20.5 Å². The minimum atomic E-state index is -0.0420. The number of benzene rings is 1. The van der Waals surface area contributed by atoms with E-state index in [4.69, 9.17) is 0 Å². The third kappa shape index (κ3) is 5.22. The Balaban J connectivity index is 1.20. The molecule has 0 spiro atoms. The average molecular weight is 411 g/mol. The smallest absolute Gasteiger partial charge is 0.267 e. The van der Waals surface area contributed by atoms with E-state index in [9.17, 15) is 9.59 Å². The van der Waals surface area contributed by atoms with E-state index in [1.165, 1.54) is 19.3 Å². The van der Waals surface area contributed by atoms with Gasteiger partial charge < -0.3 is 20.5 Å². The van der Waals surface area contributed by atoms with Crippen molar-refractivity contribution < 1.29 is 9.59 Å². The maximum absolute atomic E-state index is 12.7. The van der Waals surface area contributed by atoms with Crippen molar-refractivity contribution in [2.75, 3.05) is 19.6 Å². The molecule has 1 saturated heterocycles. The Hall–Kier alpha value is -2.34. The van der Waals surface area contributed by atoms with Crippen LogP contribution in [0.2, 0.25) is 0 Å². The molecule has 4 rings (SSSR count). The standard InChI is InChI=1S/C24H34N4O2/c1-17-6-5-7-18-16-21(27-23(17)18)24(30)26-20-10-8-19(9-11-20)25-22(29)12-15-28-13-3-2-4-14-28/h5-7,16,19-20,27H,2-4,8-15H2,1H3,(H,25,29)(H,26,30)/t19-,20-. The van der Waals surface area contributed by atoms with Gasteiger partial charge in [-0.1, -0.05) is 24.6 Å². The van der Waals surface area contributed by atoms with Crippen LogP contribution in [0.25, 0.3) is 10.9 Å². The summed E-state index contributed by atoms with van der Waals surface area (Å²) >= 11 is 0. The zero-order valence-corrected chi connectivity index (χ0v) is 18.0. The second-order valence-corrected chi connectivity index (χ2v) is 8.96. The van der Waals surface area contributed by atoms with Crippen LogP contribution in [-0.4, -0.2) is 53.4 Å². The molecule has 3 N–H and O–H groups in total. The fourth-order valence-corrected chi connectivity index (χ4v) is 4.82. The molecule has 1 saturated carbocycles. The molecule has 162 valence electrons. The number of rotatable bonds is 6. The molecular weight excluding hydrogens is 376 g/mol. The van der Waals surface area contributed by atoms with Gasteiger partial charge in [0.1, 0.15) is 5.69 Å². The maximum atomic E-state index is 12.7. The van der Waals surface area contributed by atoms with Crippen LogP contribution in [0.3, 0.4) is 0 Å². The average Bonchev–Trinajstić information content (AvgIpc) is 3.20. The quantitative estimate of drug-likeness (QED) is 0.682. The number of H-pyrrole nitrogens is 1. The van der Waals surface area contributed by atoms with E-state index in [1.54, 1.807) is 0 Å². The Bertz CT molecular complexity index is 876. The van der Waals surface area contributed by atoms with Gasteiger partial charge in [0.05, 0.1) is 0 Å². The molecule has 2 fully saturated rings. The van der Waals surface area contributed by atoms with Crippen LogP contribution in [0.4, 0.5) is 0 Å². The summed E-state index contributed by atoms with van der Waals surface area (Å²) in [5.74, 6) is 0.126. The number of aryl methyl sites for hydroxylation is 1. The van der Waals surface area contributed by atoms with Crippen molar-refractivity contribution in [3.05, 3.63) is 35.5 Å². The van der Waals surface area contributed by atoms with Crippen LogP contribution in [0.5, 0.6) is 0 Å². The minimum absolute atomic E-state index is 0.0420. The van der Waals surface area contributed by atoms with Crippen LogP contribution < -0.4 is 10.6 Å². The van der Waals surface area contributed by atoms with Gasteiger partial charge in [-0.15, -0.1) is 0 Å². The summed E-state index contributed by atoms with van der Waals surface area (Å²) in [6.07, 6.45) is 8.09. The first-order chi connectivity index (χ1) is 14.6. The number of hydrogen-bond donors (Lipinski definition) is 3. The first-order valence-corrected chi connectivity index (χ1v) is 11.5. The van der Waals surface area contributed by atoms with Gasteiger partial charge in [-0.25, -0.2) is 0 Å². The second kappa shape index (κ2) is 9.65. The summed E-state index contributed by atoms with van der Waals surface area (Å²) in [7, 11) is 0. The van der Waals surface area contributed by atoms with Crippen molar-refractivity contribution >= 4 is 22.7 Å². The molecule has 30 heavy (non-hydrogen) atoms. The number of para-hydroxylation sites is 1. The lowest BCUT2D eigenvalue weighted by molar-refractivity contribution is -0.122. The van der Waals surface area contributed by atoms with Crippen molar-refractivity contribution in [1.29, 1.82) is 0 Å². The molecule has 2 aromatic rings. The van der Waals surface area contributed by atoms with Gasteiger partial charge in [-0.2, -0.15) is 0 Å². The van der Waals surface area contributed by atoms with Crippen molar-refractivity contribution in [2.45, 2.75) is 70.4 Å². The number of nitrogens with one attached hydrogen (secondary N) is 3. The van der Waals surface area contributed by atoms with E-state index in [-0.39, 0.29) is 23.9 Å². The van der Waals surface area contributed by atoms with E-state index < -0.39 is 0 Å². The molecule has 6 heteroatoms. The highest BCUT2D eigenvalue weighted by molar-refractivity contribution is 5.98. The van der Waals surface area contributed by atoms with Gasteiger partial charge in [0, 0.05) is 36.0 Å². The highest BCUT2D eigenvalue weighted by Crippen LogP contribution is 2.21. The highest BCUT2D eigenvalue weighted by atomic mass is 16.2. The van der Waals surface area contributed by atoms with Crippen molar-refractivity contribution in [3.63, 3.8) is 0 Å². The minimum Gasteiger partial charge on any atom is -0.353 e. The first-order valence-electron chi connectivity index (χ1n) is 11.5. The number of hydrogen-bond acceptors (Lipinski definition) is 3. The molecule has 0 unspecified atom stereocenters. The lowest BCUT2D eigenvalue weighted by atomic mass is 9.91. The summed E-state index contributed by atoms with van der Waals surface area (Å²) in [6, 6.07) is 8.41. The van der Waals surface area contributed by atoms with Crippen molar-refractivity contribution in [3.8, 4) is 0 Å². The predicted octanol–water partition coefficient (Wildman–Crippen LogP) is 3.51. The summed E-state index contributed by atoms with van der Waals surface area (Å²) in [5.41, 5.74) is 2.79. The molecule has 1 aromatic heterocycles. The normalized spacial score (nSPS) is 22.7. The van der Waals surface area contributed by atoms with Crippen LogP contribution in [0.15, 0.2) is 24.3 Å². The van der Waals surface area contributed by atoms with E-state index >= 15 is 0 Å². The number of nitrogens with zero attached hydrogens (tertiary/aromatic N) is 1. The number of carbonyl (C=O) groups excluding carboxylic acids is 2. The molecule has 0 bridgehead atoms. The van der Waals surface area contributed by atoms with Gasteiger partial charge in [0.2, 0.25) is 5.91 Å². The monoisotopic (exact) mass is 410 g/mol. The molecule has 2 amide bonds. The lowest BCUT2D eigenvalue weighted by Gasteiger charge is -2.30. The molecule has 1 aromatic carbocycles. The molecular formula is C24H34N4O2. The number of aromatic nitrogens is 1. The van der Waals surface area contributed by atoms with Crippen LogP contribution in [-0.2, 0) is 4.79 Å². The van der Waals surface area contributed by atoms with E-state index in [0.29, 0.717) is 12.1 Å². The zero-order chi connectivity index (χ0) is 20.9. The fourth-order valence-electron chi connectivity index (χ4n) is 4.82. The Kier molecular flexibility index (Phi) is 6.72. The summed E-state index contributed by atoms with van der Waals surface area (Å²) in [4.78, 5) is 30.6. The number of aromatic amines is 1. The number of likely N-dealkylation sites (tertiary alicyclic amines) is 1. The van der Waals surface area contributed by atoms with Crippen LogP contribution >= 0.6 is 0 Å². The van der Waals surface area contributed by atoms with Gasteiger partial charge >= 0.3 is 0 Å². The third-order valence-electron chi connectivity index (χ3n) is 6.64. The van der Waals surface area contributed by atoms with Gasteiger partial charge in [0.25, 0.3) is 5.91 Å². The SMILES string of the molecule is Cc1cccc2cc(C(=O)N[C@H]3CC[C@H](NC(=O)CCN4CCCCC4)CC3)[nH]c12. The molecule has 2 heterocycles. The van der Waals surface area contributed by atoms with Crippen LogP contribution in [0, 0.1) is 6.92 Å². The highest BCUT2D eigenvalue weighted by Gasteiger charge is 2.24. The third-order valence-corrected chi connectivity index (χ3v) is 6.64. The second-order valence-electron chi connectivity index (χ2n) is 8.96. The van der Waals surface area contributed by atoms with Gasteiger partial charge in [0.15, 0.2) is 0 Å². The largest absolute Gasteiger partial charge is 0.353 e. The number of fused-ring (bicyclic) bond motifs is 1. The lowest BCUT2D eigenvalue weighted by Crippen LogP contribution is -2.44. The number of carbonyl (C=O) groups is 2. The van der Waals surface area contributed by atoms with E-state index in [0.717, 1.165) is 61.8 Å². The van der Waals surface area contributed by atoms with Crippen molar-refractivity contribution in [2.24, 2.45) is 0 Å². The van der Waals surface area contributed by atoms with Gasteiger partial charge in [-0.05, 0) is 70.2 Å². The van der Waals surface area contributed by atoms with Gasteiger partial charge in [-0.3, -0.25) is 9.59 Å². The van der Waals surface area contributed by atoms with Crippen LogP contribution in [0.1, 0.15) is 67.4 Å². The summed E-state index contributed by atoms with van der Waals surface area (Å²) in [6.45, 7) is 5.19. The molecule has 2 aliphatic rings. The molecule has 6 nitrogen and oxygen atoms in total. The maximum Gasteiger partial charge on any atom is 0.267 e. The zero-order valence-electron chi connectivity index (χ0n) is 18.0. The Labute approximate surface area is 178 Å². The molecule has 0 radical (unpaired) electrons. The number of piperidine rings is 1. The summed E-state index contributed by atoms with van der Waals surface area (Å²) < 4.78 is 0. The molecule has 1 aliphatic carbocycles. The topological polar surface area (TPSA) is 77.2 Å². The first kappa shape index (κ1) is 20.9. The fraction of sp³-hybridized carbons (Fsp3) is 0.583. The van der Waals surface area contributed by atoms with E-state index in [2.05, 4.69) is 20.5 Å². The number of amides is 2. The Morgan fingerprint density at radius 1 is 1.03 bits per heavy atom.